The largest absolute Gasteiger partial charge is 0.350 e. The van der Waals surface area contributed by atoms with Crippen LogP contribution in [0.15, 0.2) is 24.4 Å². The first-order chi connectivity index (χ1) is 11.9. The molecule has 7 saturated carbocycles. The summed E-state index contributed by atoms with van der Waals surface area (Å²) in [5.41, 5.74) is 5.18. The van der Waals surface area contributed by atoms with Gasteiger partial charge in [0.25, 0.3) is 0 Å². The van der Waals surface area contributed by atoms with Gasteiger partial charge in [0.1, 0.15) is 0 Å². The lowest BCUT2D eigenvalue weighted by Gasteiger charge is -2.50. The number of benzene rings is 1. The van der Waals surface area contributed by atoms with Gasteiger partial charge in [-0.15, -0.1) is 0 Å². The lowest BCUT2D eigenvalue weighted by molar-refractivity contribution is -0.0167. The fraction of sp³-hybridized carbons (Fsp3) is 0.652. The Kier molecular flexibility index (Phi) is 1.17. The Morgan fingerprint density at radius 3 is 1.71 bits per heavy atom. The zero-order valence-electron chi connectivity index (χ0n) is 13.8. The second-order valence-electron chi connectivity index (χ2n) is 10.9. The standard InChI is InChI=1S/C23H21N/c1-24-5-4-7-6-2-3-8(23(7)24)10-13-11-9(6)12-15-14(10)19-18(13)21-16(11)17(12)22(21)20(15)19/h2-5,9-22H,1H3. The minimum Gasteiger partial charge on any atom is -0.350 e. The summed E-state index contributed by atoms with van der Waals surface area (Å²) in [7, 11) is 2.29. The van der Waals surface area contributed by atoms with E-state index in [4.69, 9.17) is 0 Å². The number of nitrogens with zero attached hydrogens (tertiary/aromatic N) is 1. The Morgan fingerprint density at radius 2 is 1.04 bits per heavy atom. The molecule has 0 spiro atoms. The maximum Gasteiger partial charge on any atom is 0.0516 e. The van der Waals surface area contributed by atoms with Crippen molar-refractivity contribution in [2.24, 2.45) is 78.1 Å². The minimum absolute atomic E-state index is 0.941. The monoisotopic (exact) mass is 311 g/mol. The van der Waals surface area contributed by atoms with Gasteiger partial charge in [-0.3, -0.25) is 0 Å². The predicted octanol–water partition coefficient (Wildman–Crippen LogP) is 3.85. The van der Waals surface area contributed by atoms with E-state index >= 15 is 0 Å². The highest BCUT2D eigenvalue weighted by molar-refractivity contribution is 5.89. The number of rotatable bonds is 0. The van der Waals surface area contributed by atoms with Crippen molar-refractivity contribution in [2.75, 3.05) is 0 Å². The summed E-state index contributed by atoms with van der Waals surface area (Å²) in [6.45, 7) is 0. The molecule has 7 fully saturated rings. The molecule has 118 valence electrons. The fourth-order valence-corrected chi connectivity index (χ4v) is 12.2. The molecule has 1 aromatic carbocycles. The molecule has 1 nitrogen and oxygen atoms in total. The molecule has 8 aliphatic rings. The van der Waals surface area contributed by atoms with Gasteiger partial charge in [0.2, 0.25) is 0 Å². The third-order valence-corrected chi connectivity index (χ3v) is 11.6. The molecule has 0 radical (unpaired) electrons. The van der Waals surface area contributed by atoms with Crippen LogP contribution < -0.4 is 0 Å². The third-order valence-electron chi connectivity index (χ3n) is 11.6. The molecule has 1 heteroatoms. The summed E-state index contributed by atoms with van der Waals surface area (Å²) < 4.78 is 2.46. The highest BCUT2D eigenvalue weighted by atomic mass is 15.0. The number of aromatic nitrogens is 1. The predicted molar refractivity (Wildman–Crippen MR) is 90.3 cm³/mol. The van der Waals surface area contributed by atoms with Gasteiger partial charge < -0.3 is 4.57 Å². The molecule has 0 amide bonds. The highest BCUT2D eigenvalue weighted by Crippen LogP contribution is 2.97. The maximum absolute atomic E-state index is 2.60. The third kappa shape index (κ3) is 0.638. The van der Waals surface area contributed by atoms with Crippen molar-refractivity contribution in [3.63, 3.8) is 0 Å². The van der Waals surface area contributed by atoms with Gasteiger partial charge in [0.15, 0.2) is 0 Å². The fourth-order valence-electron chi connectivity index (χ4n) is 12.2. The second kappa shape index (κ2) is 2.63. The Labute approximate surface area is 141 Å². The Bertz CT molecular complexity index is 1050. The number of hydrogen-bond donors (Lipinski definition) is 0. The summed E-state index contributed by atoms with van der Waals surface area (Å²) in [5.74, 6) is 15.8. The first kappa shape index (κ1) is 10.7. The van der Waals surface area contributed by atoms with Gasteiger partial charge in [-0.05, 0) is 100 Å². The highest BCUT2D eigenvalue weighted by Gasteiger charge is 2.92. The smallest absolute Gasteiger partial charge is 0.0516 e. The average Bonchev–Trinajstić information content (AvgIpc) is 3.21. The van der Waals surface area contributed by atoms with Gasteiger partial charge in [-0.25, -0.2) is 0 Å². The molecule has 14 atom stereocenters. The van der Waals surface area contributed by atoms with E-state index < -0.39 is 0 Å². The summed E-state index contributed by atoms with van der Waals surface area (Å²) in [6, 6.07) is 7.66. The second-order valence-corrected chi connectivity index (χ2v) is 10.9. The molecule has 0 aliphatic heterocycles. The van der Waals surface area contributed by atoms with E-state index in [0.29, 0.717) is 0 Å². The van der Waals surface area contributed by atoms with Gasteiger partial charge in [-0.2, -0.15) is 0 Å². The van der Waals surface area contributed by atoms with Crippen molar-refractivity contribution in [1.82, 2.24) is 4.57 Å². The van der Waals surface area contributed by atoms with E-state index in [1.807, 2.05) is 0 Å². The van der Waals surface area contributed by atoms with Crippen LogP contribution in [0.25, 0.3) is 10.9 Å². The van der Waals surface area contributed by atoms with Crippen LogP contribution in [0.1, 0.15) is 23.0 Å². The first-order valence-electron chi connectivity index (χ1n) is 10.5. The van der Waals surface area contributed by atoms with Gasteiger partial charge >= 0.3 is 0 Å². The topological polar surface area (TPSA) is 4.93 Å². The molecule has 1 aromatic heterocycles. The Balaban J connectivity index is 1.48. The minimum atomic E-state index is 0.941. The maximum atomic E-state index is 2.60. The number of hydrogen-bond acceptors (Lipinski definition) is 0. The molecule has 0 saturated heterocycles. The Morgan fingerprint density at radius 1 is 0.583 bits per heavy atom. The van der Waals surface area contributed by atoms with Crippen LogP contribution in [0.5, 0.6) is 0 Å². The van der Waals surface area contributed by atoms with E-state index in [1.54, 1.807) is 22.0 Å². The molecule has 14 unspecified atom stereocenters. The van der Waals surface area contributed by atoms with Crippen LogP contribution in [-0.4, -0.2) is 4.57 Å². The molecule has 2 aromatic rings. The zero-order valence-corrected chi connectivity index (χ0v) is 13.8. The van der Waals surface area contributed by atoms with Gasteiger partial charge in [0, 0.05) is 18.6 Å². The lowest BCUT2D eigenvalue weighted by atomic mass is 9.54. The van der Waals surface area contributed by atoms with Crippen molar-refractivity contribution in [3.05, 3.63) is 35.5 Å². The van der Waals surface area contributed by atoms with Gasteiger partial charge in [0.05, 0.1) is 5.52 Å². The molecule has 2 bridgehead atoms. The van der Waals surface area contributed by atoms with Crippen molar-refractivity contribution in [3.8, 4) is 0 Å². The summed E-state index contributed by atoms with van der Waals surface area (Å²) in [4.78, 5) is 0. The normalized spacial score (nSPS) is 68.2. The molecular weight excluding hydrogens is 290 g/mol. The molecule has 10 rings (SSSR count). The van der Waals surface area contributed by atoms with Crippen molar-refractivity contribution < 1.29 is 0 Å². The lowest BCUT2D eigenvalue weighted by Crippen LogP contribution is -2.46. The van der Waals surface area contributed by atoms with E-state index in [0.717, 1.165) is 41.4 Å². The summed E-state index contributed by atoms with van der Waals surface area (Å²) in [6.07, 6.45) is 2.34. The Hall–Kier alpha value is -1.24. The summed E-state index contributed by atoms with van der Waals surface area (Å²) in [5, 5.41) is 1.64. The molecule has 1 heterocycles. The van der Waals surface area contributed by atoms with E-state index in [9.17, 15) is 0 Å². The molecular formula is C23H21N. The van der Waals surface area contributed by atoms with Crippen LogP contribution in [0.3, 0.4) is 0 Å². The van der Waals surface area contributed by atoms with Crippen LogP contribution in [0, 0.1) is 71.0 Å². The zero-order chi connectivity index (χ0) is 14.8. The van der Waals surface area contributed by atoms with Crippen LogP contribution in [-0.2, 0) is 7.05 Å². The van der Waals surface area contributed by atoms with Crippen LogP contribution in [0.4, 0.5) is 0 Å². The average molecular weight is 311 g/mol. The van der Waals surface area contributed by atoms with Crippen molar-refractivity contribution in [2.45, 2.75) is 11.8 Å². The SMILES string of the molecule is Cn1ccc2c3ccc(c21)C1C2C4C5C3C3C1C1C2C4C2C5C3C12. The van der Waals surface area contributed by atoms with Crippen molar-refractivity contribution in [1.29, 1.82) is 0 Å². The summed E-state index contributed by atoms with van der Waals surface area (Å²) >= 11 is 0. The number of aryl methyl sites for hydroxylation is 1. The molecule has 8 aliphatic carbocycles. The van der Waals surface area contributed by atoms with E-state index in [1.165, 1.54) is 41.4 Å². The van der Waals surface area contributed by atoms with Crippen molar-refractivity contribution >= 4 is 10.9 Å². The van der Waals surface area contributed by atoms with E-state index in [-0.39, 0.29) is 0 Å². The van der Waals surface area contributed by atoms with Crippen LogP contribution >= 0.6 is 0 Å². The first-order valence-corrected chi connectivity index (χ1v) is 10.5. The molecule has 24 heavy (non-hydrogen) atoms. The number of fused-ring (bicyclic) bond motifs is 6. The quantitative estimate of drug-likeness (QED) is 0.696. The molecule has 0 N–H and O–H groups in total. The van der Waals surface area contributed by atoms with E-state index in [2.05, 4.69) is 36.0 Å². The van der Waals surface area contributed by atoms with Gasteiger partial charge in [-0.1, -0.05) is 12.1 Å². The van der Waals surface area contributed by atoms with Crippen LogP contribution in [0.2, 0.25) is 0 Å².